The van der Waals surface area contributed by atoms with Gasteiger partial charge in [0.2, 0.25) is 0 Å². The predicted molar refractivity (Wildman–Crippen MR) is 133 cm³/mol. The summed E-state index contributed by atoms with van der Waals surface area (Å²) in [5.74, 6) is -1.93. The zero-order valence-electron chi connectivity index (χ0n) is 20.8. The second-order valence-electron chi connectivity index (χ2n) is 9.06. The van der Waals surface area contributed by atoms with Crippen molar-refractivity contribution >= 4 is 35.1 Å². The fourth-order valence-corrected chi connectivity index (χ4v) is 3.88. The first-order valence-electron chi connectivity index (χ1n) is 11.2. The molecule has 0 bridgehead atoms. The molecule has 0 saturated heterocycles. The standard InChI is InChI=1S/C23H18ClF3N10O3/c1-22(2,3)35(21(39)40)18-12(9-28)4-5-16(34-18)36-17(23(25,26)27)14(11-32-36)20(38)33-13-8-15(24)19(29-10-13)37-30-6-7-31-37/h4-8,10-11H,1-3H3,(H,33,38)(H,39,40). The number of hydrogen-bond donors (Lipinski definition) is 2. The Morgan fingerprint density at radius 2 is 1.80 bits per heavy atom. The highest BCUT2D eigenvalue weighted by molar-refractivity contribution is 6.32. The second kappa shape index (κ2) is 10.3. The van der Waals surface area contributed by atoms with E-state index in [2.05, 4.69) is 30.6 Å². The minimum absolute atomic E-state index is 0.0110. The van der Waals surface area contributed by atoms with Gasteiger partial charge in [0, 0.05) is 5.54 Å². The van der Waals surface area contributed by atoms with Gasteiger partial charge in [0.05, 0.1) is 46.6 Å². The molecule has 4 rings (SSSR count). The van der Waals surface area contributed by atoms with Crippen LogP contribution >= 0.6 is 11.6 Å². The minimum atomic E-state index is -5.10. The molecule has 4 heterocycles. The van der Waals surface area contributed by atoms with Crippen LogP contribution in [0.1, 0.15) is 42.4 Å². The van der Waals surface area contributed by atoms with Gasteiger partial charge in [0.1, 0.15) is 6.07 Å². The number of carbonyl (C=O) groups is 2. The molecule has 13 nitrogen and oxygen atoms in total. The number of nitriles is 1. The molecule has 40 heavy (non-hydrogen) atoms. The molecule has 0 unspecified atom stereocenters. The number of pyridine rings is 2. The first-order valence-corrected chi connectivity index (χ1v) is 11.5. The molecular formula is C23H18ClF3N10O3. The molecule has 0 aliphatic carbocycles. The normalized spacial score (nSPS) is 11.7. The van der Waals surface area contributed by atoms with E-state index in [1.165, 1.54) is 39.2 Å². The summed E-state index contributed by atoms with van der Waals surface area (Å²) >= 11 is 6.17. The van der Waals surface area contributed by atoms with Gasteiger partial charge in [-0.05, 0) is 39.0 Å². The minimum Gasteiger partial charge on any atom is -0.465 e. The van der Waals surface area contributed by atoms with E-state index in [1.807, 2.05) is 0 Å². The summed E-state index contributed by atoms with van der Waals surface area (Å²) in [5, 5.41) is 33.0. The number of aromatic nitrogens is 7. The molecule has 0 aromatic carbocycles. The molecule has 4 aromatic rings. The van der Waals surface area contributed by atoms with Crippen LogP contribution in [0.5, 0.6) is 0 Å². The van der Waals surface area contributed by atoms with Crippen molar-refractivity contribution in [1.29, 1.82) is 5.26 Å². The van der Waals surface area contributed by atoms with Crippen molar-refractivity contribution in [3.8, 4) is 17.7 Å². The zero-order valence-corrected chi connectivity index (χ0v) is 21.6. The molecule has 0 aliphatic rings. The smallest absolute Gasteiger partial charge is 0.434 e. The van der Waals surface area contributed by atoms with Gasteiger partial charge in [-0.25, -0.2) is 19.4 Å². The number of alkyl halides is 3. The fourth-order valence-electron chi connectivity index (χ4n) is 3.64. The van der Waals surface area contributed by atoms with Crippen LogP contribution in [0.15, 0.2) is 43.0 Å². The molecular weight excluding hydrogens is 557 g/mol. The van der Waals surface area contributed by atoms with Crippen molar-refractivity contribution in [2.24, 2.45) is 0 Å². The van der Waals surface area contributed by atoms with Crippen molar-refractivity contribution in [3.05, 3.63) is 64.8 Å². The summed E-state index contributed by atoms with van der Waals surface area (Å²) in [7, 11) is 0. The average molecular weight is 575 g/mol. The van der Waals surface area contributed by atoms with Crippen molar-refractivity contribution in [2.45, 2.75) is 32.5 Å². The van der Waals surface area contributed by atoms with E-state index < -0.39 is 46.6 Å². The zero-order chi connectivity index (χ0) is 29.4. The summed E-state index contributed by atoms with van der Waals surface area (Å²) in [6.07, 6.45) is -1.96. The van der Waals surface area contributed by atoms with Gasteiger partial charge in [0.25, 0.3) is 5.91 Å². The molecule has 0 atom stereocenters. The van der Waals surface area contributed by atoms with Gasteiger partial charge >= 0.3 is 12.3 Å². The van der Waals surface area contributed by atoms with Gasteiger partial charge in [0.15, 0.2) is 23.1 Å². The number of rotatable bonds is 5. The fraction of sp³-hybridized carbons (Fsp3) is 0.217. The first-order chi connectivity index (χ1) is 18.7. The van der Waals surface area contributed by atoms with Crippen LogP contribution < -0.4 is 10.2 Å². The highest BCUT2D eigenvalue weighted by Gasteiger charge is 2.41. The summed E-state index contributed by atoms with van der Waals surface area (Å²) in [5.41, 5.74) is -3.67. The Bertz CT molecular complexity index is 1640. The molecule has 0 fully saturated rings. The Morgan fingerprint density at radius 3 is 2.35 bits per heavy atom. The second-order valence-corrected chi connectivity index (χ2v) is 9.47. The van der Waals surface area contributed by atoms with Crippen LogP contribution in [0.4, 0.5) is 29.5 Å². The number of nitrogens with one attached hydrogen (secondary N) is 1. The molecule has 0 spiro atoms. The lowest BCUT2D eigenvalue weighted by atomic mass is 10.1. The number of hydrogen-bond acceptors (Lipinski definition) is 8. The lowest BCUT2D eigenvalue weighted by Gasteiger charge is -2.32. The Labute approximate surface area is 228 Å². The average Bonchev–Trinajstić information content (AvgIpc) is 3.53. The number of anilines is 2. The third-order valence-electron chi connectivity index (χ3n) is 5.24. The monoisotopic (exact) mass is 574 g/mol. The molecule has 4 aromatic heterocycles. The Kier molecular flexibility index (Phi) is 7.18. The molecule has 0 radical (unpaired) electrons. The summed E-state index contributed by atoms with van der Waals surface area (Å²) < 4.78 is 43.1. The van der Waals surface area contributed by atoms with Gasteiger partial charge in [-0.2, -0.15) is 33.7 Å². The number of amides is 2. The third-order valence-corrected chi connectivity index (χ3v) is 5.52. The van der Waals surface area contributed by atoms with Crippen LogP contribution in [0, 0.1) is 11.3 Å². The van der Waals surface area contributed by atoms with Gasteiger partial charge in [-0.1, -0.05) is 11.6 Å². The maximum absolute atomic E-state index is 14.2. The Morgan fingerprint density at radius 1 is 1.12 bits per heavy atom. The summed E-state index contributed by atoms with van der Waals surface area (Å²) in [4.78, 5) is 34.8. The molecule has 2 N–H and O–H groups in total. The lowest BCUT2D eigenvalue weighted by Crippen LogP contribution is -2.46. The van der Waals surface area contributed by atoms with Gasteiger partial charge < -0.3 is 10.4 Å². The van der Waals surface area contributed by atoms with E-state index in [9.17, 15) is 33.1 Å². The molecule has 0 saturated carbocycles. The van der Waals surface area contributed by atoms with Crippen LogP contribution in [0.3, 0.4) is 0 Å². The van der Waals surface area contributed by atoms with Gasteiger partial charge in [-0.15, -0.1) is 4.80 Å². The Hall–Kier alpha value is -5.04. The van der Waals surface area contributed by atoms with Crippen molar-refractivity contribution in [2.75, 3.05) is 10.2 Å². The van der Waals surface area contributed by atoms with E-state index in [4.69, 9.17) is 11.6 Å². The molecule has 206 valence electrons. The Balaban J connectivity index is 1.75. The van der Waals surface area contributed by atoms with Crippen LogP contribution in [-0.2, 0) is 6.18 Å². The maximum Gasteiger partial charge on any atom is 0.434 e. The molecule has 17 heteroatoms. The van der Waals surface area contributed by atoms with Crippen LogP contribution in [-0.4, -0.2) is 57.4 Å². The number of nitrogens with zero attached hydrogens (tertiary/aromatic N) is 9. The predicted octanol–water partition coefficient (Wildman–Crippen LogP) is 4.32. The van der Waals surface area contributed by atoms with E-state index >= 15 is 0 Å². The third kappa shape index (κ3) is 5.40. The van der Waals surface area contributed by atoms with Crippen LogP contribution in [0.25, 0.3) is 11.6 Å². The maximum atomic E-state index is 14.2. The van der Waals surface area contributed by atoms with Crippen LogP contribution in [0.2, 0.25) is 5.02 Å². The summed E-state index contributed by atoms with van der Waals surface area (Å²) in [6.45, 7) is 4.56. The quantitative estimate of drug-likeness (QED) is 0.352. The lowest BCUT2D eigenvalue weighted by molar-refractivity contribution is -0.143. The highest BCUT2D eigenvalue weighted by atomic mass is 35.5. The number of halogens is 4. The number of carboxylic acid groups (broad SMARTS) is 1. The topological polar surface area (TPSA) is 168 Å². The van der Waals surface area contributed by atoms with Crippen molar-refractivity contribution in [1.82, 2.24) is 34.7 Å². The first kappa shape index (κ1) is 28.0. The SMILES string of the molecule is CC(C)(C)N(C(=O)O)c1nc(-n2ncc(C(=O)Nc3cnc(-n4nccn4)c(Cl)c3)c2C(F)(F)F)ccc1C#N. The van der Waals surface area contributed by atoms with Crippen molar-refractivity contribution < 1.29 is 27.9 Å². The van der Waals surface area contributed by atoms with E-state index in [0.717, 1.165) is 28.0 Å². The van der Waals surface area contributed by atoms with E-state index in [-0.39, 0.29) is 22.1 Å². The van der Waals surface area contributed by atoms with E-state index in [1.54, 1.807) is 6.07 Å². The summed E-state index contributed by atoms with van der Waals surface area (Å²) in [6, 6.07) is 5.21. The molecule has 2 amide bonds. The van der Waals surface area contributed by atoms with Crippen molar-refractivity contribution in [3.63, 3.8) is 0 Å². The van der Waals surface area contributed by atoms with Gasteiger partial charge in [-0.3, -0.25) is 9.69 Å². The van der Waals surface area contributed by atoms with E-state index in [0.29, 0.717) is 10.9 Å². The highest BCUT2D eigenvalue weighted by Crippen LogP contribution is 2.35. The largest absolute Gasteiger partial charge is 0.465 e. The number of carbonyl (C=O) groups excluding carboxylic acids is 1. The molecule has 0 aliphatic heterocycles.